The van der Waals surface area contributed by atoms with E-state index in [1.807, 2.05) is 48.5 Å². The third-order valence-corrected chi connectivity index (χ3v) is 4.08. The van der Waals surface area contributed by atoms with Crippen LogP contribution in [0, 0.1) is 0 Å². The Morgan fingerprint density at radius 3 is 2.67 bits per heavy atom. The van der Waals surface area contributed by atoms with Crippen LogP contribution in [0.15, 0.2) is 60.9 Å². The molecule has 6 heteroatoms. The first-order valence-electron chi connectivity index (χ1n) is 7.80. The summed E-state index contributed by atoms with van der Waals surface area (Å²) in [7, 11) is 0. The fourth-order valence-electron chi connectivity index (χ4n) is 2.82. The van der Waals surface area contributed by atoms with E-state index in [0.29, 0.717) is 12.4 Å². The van der Waals surface area contributed by atoms with Crippen molar-refractivity contribution in [3.05, 3.63) is 66.5 Å². The van der Waals surface area contributed by atoms with Gasteiger partial charge < -0.3 is 4.74 Å². The van der Waals surface area contributed by atoms with Gasteiger partial charge in [-0.1, -0.05) is 30.3 Å². The molecule has 1 saturated heterocycles. The first-order chi connectivity index (χ1) is 11.8. The lowest BCUT2D eigenvalue weighted by atomic mass is 10.1. The van der Waals surface area contributed by atoms with Crippen molar-refractivity contribution < 1.29 is 9.53 Å². The summed E-state index contributed by atoms with van der Waals surface area (Å²) in [5.41, 5.74) is 2.73. The maximum atomic E-state index is 12.4. The lowest BCUT2D eigenvalue weighted by Crippen LogP contribution is -2.39. The maximum Gasteiger partial charge on any atom is 0.416 e. The molecule has 4 rings (SSSR count). The van der Waals surface area contributed by atoms with Crippen LogP contribution in [-0.4, -0.2) is 27.8 Å². The number of ether oxygens (including phenoxy) is 1. The first kappa shape index (κ1) is 14.4. The molecule has 1 amide bonds. The van der Waals surface area contributed by atoms with E-state index in [1.165, 1.54) is 0 Å². The molecule has 1 fully saturated rings. The van der Waals surface area contributed by atoms with Gasteiger partial charge in [0, 0.05) is 37.0 Å². The Labute approximate surface area is 139 Å². The largest absolute Gasteiger partial charge is 0.441 e. The summed E-state index contributed by atoms with van der Waals surface area (Å²) in [6, 6.07) is 15.4. The van der Waals surface area contributed by atoms with Crippen LogP contribution in [0.3, 0.4) is 0 Å². The highest BCUT2D eigenvalue weighted by Crippen LogP contribution is 2.30. The van der Waals surface area contributed by atoms with E-state index >= 15 is 0 Å². The molecule has 0 saturated carbocycles. The number of pyridine rings is 1. The molecule has 1 atom stereocenters. The molecule has 1 unspecified atom stereocenters. The summed E-state index contributed by atoms with van der Waals surface area (Å²) in [4.78, 5) is 17.9. The highest BCUT2D eigenvalue weighted by atomic mass is 16.6. The first-order valence-corrected chi connectivity index (χ1v) is 7.80. The predicted octanol–water partition coefficient (Wildman–Crippen LogP) is 3.56. The van der Waals surface area contributed by atoms with Crippen LogP contribution in [-0.2, 0) is 4.74 Å². The van der Waals surface area contributed by atoms with Crippen LogP contribution >= 0.6 is 0 Å². The highest BCUT2D eigenvalue weighted by molar-refractivity contribution is 5.88. The number of anilines is 1. The summed E-state index contributed by atoms with van der Waals surface area (Å²) in [6.07, 6.45) is 3.60. The molecule has 0 spiro atoms. The molecule has 120 valence electrons. The predicted molar refractivity (Wildman–Crippen MR) is 89.4 cm³/mol. The van der Waals surface area contributed by atoms with Gasteiger partial charge in [0.25, 0.3) is 0 Å². The summed E-state index contributed by atoms with van der Waals surface area (Å²) < 4.78 is 5.58. The minimum Gasteiger partial charge on any atom is -0.441 e. The van der Waals surface area contributed by atoms with Gasteiger partial charge in [0.2, 0.25) is 0 Å². The van der Waals surface area contributed by atoms with Crippen LogP contribution in [0.2, 0.25) is 0 Å². The second-order valence-corrected chi connectivity index (χ2v) is 5.60. The number of benzene rings is 1. The standard InChI is InChI=1S/C18H16N4O2/c23-18-22(11-8-16(24-18)14-4-2-1-3-5-14)17-12-15(20-21-17)13-6-9-19-10-7-13/h1-7,9-10,12,16H,8,11H2,(H,20,21). The van der Waals surface area contributed by atoms with E-state index in [9.17, 15) is 4.79 Å². The topological polar surface area (TPSA) is 71.1 Å². The molecule has 0 aliphatic carbocycles. The molecule has 24 heavy (non-hydrogen) atoms. The number of nitrogens with one attached hydrogen (secondary N) is 1. The quantitative estimate of drug-likeness (QED) is 0.801. The van der Waals surface area contributed by atoms with E-state index in [-0.39, 0.29) is 12.2 Å². The average Bonchev–Trinajstić information content (AvgIpc) is 3.13. The Bertz CT molecular complexity index is 832. The van der Waals surface area contributed by atoms with Crippen molar-refractivity contribution in [2.75, 3.05) is 11.4 Å². The molecule has 3 aromatic rings. The van der Waals surface area contributed by atoms with Gasteiger partial charge in [-0.3, -0.25) is 15.0 Å². The van der Waals surface area contributed by atoms with Crippen LogP contribution in [0.1, 0.15) is 18.1 Å². The number of carbonyl (C=O) groups excluding carboxylic acids is 1. The maximum absolute atomic E-state index is 12.4. The second-order valence-electron chi connectivity index (χ2n) is 5.60. The molecule has 2 aromatic heterocycles. The van der Waals surface area contributed by atoms with Gasteiger partial charge in [0.1, 0.15) is 11.9 Å². The molecule has 1 aromatic carbocycles. The van der Waals surface area contributed by atoms with Gasteiger partial charge in [0.05, 0.1) is 5.69 Å². The second kappa shape index (κ2) is 6.16. The normalized spacial score (nSPS) is 17.6. The summed E-state index contributed by atoms with van der Waals surface area (Å²) in [6.45, 7) is 0.580. The van der Waals surface area contributed by atoms with E-state index in [0.717, 1.165) is 23.2 Å². The van der Waals surface area contributed by atoms with Crippen molar-refractivity contribution in [3.8, 4) is 11.3 Å². The molecule has 0 radical (unpaired) electrons. The third-order valence-electron chi connectivity index (χ3n) is 4.08. The number of carbonyl (C=O) groups is 1. The molecular weight excluding hydrogens is 304 g/mol. The fourth-order valence-corrected chi connectivity index (χ4v) is 2.82. The van der Waals surface area contributed by atoms with Crippen molar-refractivity contribution >= 4 is 11.9 Å². The molecular formula is C18H16N4O2. The SMILES string of the molecule is O=C1OC(c2ccccc2)CCN1c1cc(-c2ccncc2)n[nH]1. The van der Waals surface area contributed by atoms with Crippen molar-refractivity contribution in [1.82, 2.24) is 15.2 Å². The number of nitrogens with zero attached hydrogens (tertiary/aromatic N) is 3. The fraction of sp³-hybridized carbons (Fsp3) is 0.167. The number of amides is 1. The van der Waals surface area contributed by atoms with Gasteiger partial charge >= 0.3 is 6.09 Å². The van der Waals surface area contributed by atoms with E-state index in [2.05, 4.69) is 15.2 Å². The number of H-pyrrole nitrogens is 1. The van der Waals surface area contributed by atoms with Crippen molar-refractivity contribution in [2.24, 2.45) is 0 Å². The van der Waals surface area contributed by atoms with E-state index in [1.54, 1.807) is 17.3 Å². The van der Waals surface area contributed by atoms with Crippen LogP contribution in [0.4, 0.5) is 10.6 Å². The minimum absolute atomic E-state index is 0.197. The molecule has 3 heterocycles. The number of hydrogen-bond acceptors (Lipinski definition) is 4. The van der Waals surface area contributed by atoms with Crippen molar-refractivity contribution in [2.45, 2.75) is 12.5 Å². The molecule has 0 bridgehead atoms. The number of aromatic amines is 1. The zero-order valence-electron chi connectivity index (χ0n) is 12.9. The molecule has 1 N–H and O–H groups in total. The Morgan fingerprint density at radius 1 is 1.12 bits per heavy atom. The van der Waals surface area contributed by atoms with E-state index in [4.69, 9.17) is 4.74 Å². The van der Waals surface area contributed by atoms with Crippen LogP contribution in [0.25, 0.3) is 11.3 Å². The lowest BCUT2D eigenvalue weighted by molar-refractivity contribution is 0.0839. The van der Waals surface area contributed by atoms with Crippen molar-refractivity contribution in [3.63, 3.8) is 0 Å². The Kier molecular flexibility index (Phi) is 3.70. The molecule has 6 nitrogen and oxygen atoms in total. The highest BCUT2D eigenvalue weighted by Gasteiger charge is 2.30. The van der Waals surface area contributed by atoms with Gasteiger partial charge in [0.15, 0.2) is 0 Å². The Balaban J connectivity index is 1.51. The third kappa shape index (κ3) is 2.74. The van der Waals surface area contributed by atoms with Gasteiger partial charge in [-0.2, -0.15) is 5.10 Å². The number of rotatable bonds is 3. The number of aromatic nitrogens is 3. The molecule has 1 aliphatic rings. The lowest BCUT2D eigenvalue weighted by Gasteiger charge is -2.30. The minimum atomic E-state index is -0.361. The Morgan fingerprint density at radius 2 is 1.92 bits per heavy atom. The van der Waals surface area contributed by atoms with E-state index < -0.39 is 0 Å². The smallest absolute Gasteiger partial charge is 0.416 e. The molecule has 1 aliphatic heterocycles. The van der Waals surface area contributed by atoms with Gasteiger partial charge in [-0.25, -0.2) is 4.79 Å². The summed E-state index contributed by atoms with van der Waals surface area (Å²) in [5, 5.41) is 7.18. The average molecular weight is 320 g/mol. The zero-order valence-corrected chi connectivity index (χ0v) is 12.9. The van der Waals surface area contributed by atoms with Crippen molar-refractivity contribution in [1.29, 1.82) is 0 Å². The zero-order chi connectivity index (χ0) is 16.4. The number of cyclic esters (lactones) is 1. The van der Waals surface area contributed by atoms with Crippen LogP contribution in [0.5, 0.6) is 0 Å². The monoisotopic (exact) mass is 320 g/mol. The summed E-state index contributed by atoms with van der Waals surface area (Å²) >= 11 is 0. The summed E-state index contributed by atoms with van der Waals surface area (Å²) in [5.74, 6) is 0.637. The number of hydrogen-bond donors (Lipinski definition) is 1. The van der Waals surface area contributed by atoms with Crippen LogP contribution < -0.4 is 4.90 Å². The Hall–Kier alpha value is -3.15. The van der Waals surface area contributed by atoms with Gasteiger partial charge in [-0.15, -0.1) is 0 Å². The van der Waals surface area contributed by atoms with Gasteiger partial charge in [-0.05, 0) is 17.7 Å².